The minimum Gasteiger partial charge on any atom is -0.0593 e. The van der Waals surface area contributed by atoms with Crippen molar-refractivity contribution in [3.8, 4) is 0 Å². The average Bonchev–Trinajstić information content (AvgIpc) is 1.87. The predicted molar refractivity (Wildman–Crippen MR) is 42.4 cm³/mol. The van der Waals surface area contributed by atoms with Gasteiger partial charge in [0.15, 0.2) is 5.57 Å². The normalized spacial score (nSPS) is 42.7. The molecule has 2 bridgehead atoms. The van der Waals surface area contributed by atoms with E-state index in [9.17, 15) is 0 Å². The number of rotatable bonds is 0. The fourth-order valence-corrected chi connectivity index (χ4v) is 2.53. The number of allylic oxidation sites excluding steroid dienone is 1. The monoisotopic (exact) mass is 135 g/mol. The summed E-state index contributed by atoms with van der Waals surface area (Å²) >= 11 is 0. The lowest BCUT2D eigenvalue weighted by Gasteiger charge is -2.55. The standard InChI is InChI=1S/C10H15/c1-7-4-8-6-9(5-7)10(8,2)3/h1,8-9H,4-6H2,2-3H3/q+1. The van der Waals surface area contributed by atoms with Crippen molar-refractivity contribution in [2.24, 2.45) is 17.3 Å². The van der Waals surface area contributed by atoms with Crippen LogP contribution in [0, 0.1) is 23.8 Å². The summed E-state index contributed by atoms with van der Waals surface area (Å²) in [5.74, 6) is 1.82. The third-order valence-corrected chi connectivity index (χ3v) is 3.69. The van der Waals surface area contributed by atoms with Crippen LogP contribution in [0.15, 0.2) is 5.57 Å². The van der Waals surface area contributed by atoms with E-state index < -0.39 is 0 Å². The van der Waals surface area contributed by atoms with E-state index in [0.717, 1.165) is 11.8 Å². The molecule has 0 aromatic heterocycles. The van der Waals surface area contributed by atoms with E-state index in [4.69, 9.17) is 6.58 Å². The van der Waals surface area contributed by atoms with Crippen molar-refractivity contribution >= 4 is 0 Å². The second kappa shape index (κ2) is 1.62. The molecule has 0 N–H and O–H groups in total. The zero-order valence-electron chi connectivity index (χ0n) is 6.85. The van der Waals surface area contributed by atoms with Crippen molar-refractivity contribution in [2.45, 2.75) is 33.1 Å². The van der Waals surface area contributed by atoms with E-state index in [2.05, 4.69) is 13.8 Å². The number of hydrogen-bond acceptors (Lipinski definition) is 0. The molecular formula is C10H15+. The highest BCUT2D eigenvalue weighted by Gasteiger charge is 2.52. The fraction of sp³-hybridized carbons (Fsp3) is 0.800. The molecule has 0 aromatic carbocycles. The lowest BCUT2D eigenvalue weighted by atomic mass is 9.48. The Kier molecular flexibility index (Phi) is 1.03. The summed E-state index contributed by atoms with van der Waals surface area (Å²) in [5, 5.41) is 0. The Labute approximate surface area is 63.3 Å². The molecule has 0 amide bonds. The largest absolute Gasteiger partial charge is 0.205 e. The number of hydrogen-bond donors (Lipinski definition) is 0. The summed E-state index contributed by atoms with van der Waals surface area (Å²) in [6, 6.07) is 0. The van der Waals surface area contributed by atoms with Crippen molar-refractivity contribution < 1.29 is 0 Å². The molecular weight excluding hydrogens is 120 g/mol. The molecule has 0 heteroatoms. The van der Waals surface area contributed by atoms with E-state index in [0.29, 0.717) is 5.41 Å². The van der Waals surface area contributed by atoms with E-state index in [1.54, 1.807) is 0 Å². The Morgan fingerprint density at radius 2 is 1.80 bits per heavy atom. The summed E-state index contributed by atoms with van der Waals surface area (Å²) in [6.45, 7) is 10.6. The first-order chi connectivity index (χ1) is 4.60. The summed E-state index contributed by atoms with van der Waals surface area (Å²) in [6.07, 6.45) is 3.83. The van der Waals surface area contributed by atoms with Crippen LogP contribution in [0.1, 0.15) is 33.1 Å². The molecule has 0 nitrogen and oxygen atoms in total. The SMILES string of the molecule is [CH+]=C1CC2CC(C1)C2(C)C. The van der Waals surface area contributed by atoms with Gasteiger partial charge in [-0.3, -0.25) is 0 Å². The maximum atomic E-state index is 5.79. The van der Waals surface area contributed by atoms with Crippen LogP contribution >= 0.6 is 0 Å². The molecule has 2 unspecified atom stereocenters. The van der Waals surface area contributed by atoms with E-state index in [1.165, 1.54) is 24.8 Å². The molecule has 3 fully saturated rings. The zero-order chi connectivity index (χ0) is 7.35. The molecule has 3 aliphatic rings. The van der Waals surface area contributed by atoms with Gasteiger partial charge in [-0.1, -0.05) is 13.8 Å². The third kappa shape index (κ3) is 0.605. The number of fused-ring (bicyclic) bond motifs is 2. The topological polar surface area (TPSA) is 0 Å². The van der Waals surface area contributed by atoms with Gasteiger partial charge in [0.05, 0.1) is 0 Å². The summed E-state index contributed by atoms with van der Waals surface area (Å²) < 4.78 is 0. The van der Waals surface area contributed by atoms with Crippen molar-refractivity contribution in [3.05, 3.63) is 12.2 Å². The molecule has 3 aliphatic carbocycles. The van der Waals surface area contributed by atoms with Gasteiger partial charge in [0.1, 0.15) is 0 Å². The Morgan fingerprint density at radius 3 is 2.10 bits per heavy atom. The molecule has 0 aliphatic heterocycles. The van der Waals surface area contributed by atoms with Gasteiger partial charge in [-0.05, 0) is 23.7 Å². The molecule has 2 atom stereocenters. The summed E-state index contributed by atoms with van der Waals surface area (Å²) in [5.41, 5.74) is 1.86. The second-order valence-electron chi connectivity index (χ2n) is 4.52. The first-order valence-corrected chi connectivity index (χ1v) is 4.21. The van der Waals surface area contributed by atoms with Crippen molar-refractivity contribution in [2.75, 3.05) is 0 Å². The van der Waals surface area contributed by atoms with Crippen molar-refractivity contribution in [1.29, 1.82) is 0 Å². The average molecular weight is 135 g/mol. The highest BCUT2D eigenvalue weighted by molar-refractivity contribution is 5.13. The molecule has 0 radical (unpaired) electrons. The molecule has 54 valence electrons. The smallest absolute Gasteiger partial charge is 0.0593 e. The second-order valence-corrected chi connectivity index (χ2v) is 4.52. The zero-order valence-corrected chi connectivity index (χ0v) is 6.85. The predicted octanol–water partition coefficient (Wildman–Crippen LogP) is 2.80. The highest BCUT2D eigenvalue weighted by atomic mass is 14.5. The molecule has 0 spiro atoms. The minimum absolute atomic E-state index is 0.614. The van der Waals surface area contributed by atoms with Gasteiger partial charge in [0.25, 0.3) is 0 Å². The first-order valence-electron chi connectivity index (χ1n) is 4.21. The highest BCUT2D eigenvalue weighted by Crippen LogP contribution is 2.60. The quantitative estimate of drug-likeness (QED) is 0.448. The lowest BCUT2D eigenvalue weighted by molar-refractivity contribution is -0.0428. The van der Waals surface area contributed by atoms with Crippen LogP contribution in [-0.2, 0) is 0 Å². The van der Waals surface area contributed by atoms with Gasteiger partial charge in [0.2, 0.25) is 6.58 Å². The van der Waals surface area contributed by atoms with Gasteiger partial charge >= 0.3 is 0 Å². The third-order valence-electron chi connectivity index (χ3n) is 3.69. The molecule has 3 rings (SSSR count). The van der Waals surface area contributed by atoms with Crippen LogP contribution in [0.2, 0.25) is 0 Å². The molecule has 10 heavy (non-hydrogen) atoms. The molecule has 0 heterocycles. The van der Waals surface area contributed by atoms with E-state index >= 15 is 0 Å². The van der Waals surface area contributed by atoms with Crippen LogP contribution in [0.25, 0.3) is 0 Å². The molecule has 3 saturated carbocycles. The van der Waals surface area contributed by atoms with Gasteiger partial charge < -0.3 is 0 Å². The van der Waals surface area contributed by atoms with E-state index in [1.807, 2.05) is 0 Å². The van der Waals surface area contributed by atoms with Gasteiger partial charge in [-0.2, -0.15) is 0 Å². The fourth-order valence-electron chi connectivity index (χ4n) is 2.53. The van der Waals surface area contributed by atoms with Gasteiger partial charge in [-0.25, -0.2) is 0 Å². The first kappa shape index (κ1) is 6.37. The van der Waals surface area contributed by atoms with Gasteiger partial charge in [0, 0.05) is 12.8 Å². The van der Waals surface area contributed by atoms with Gasteiger partial charge in [-0.15, -0.1) is 0 Å². The van der Waals surface area contributed by atoms with Crippen LogP contribution in [0.3, 0.4) is 0 Å². The Morgan fingerprint density at radius 1 is 1.30 bits per heavy atom. The summed E-state index contributed by atoms with van der Waals surface area (Å²) in [4.78, 5) is 0. The van der Waals surface area contributed by atoms with Crippen LogP contribution in [0.5, 0.6) is 0 Å². The van der Waals surface area contributed by atoms with Crippen LogP contribution in [-0.4, -0.2) is 0 Å². The minimum atomic E-state index is 0.614. The Hall–Kier alpha value is -0.350. The van der Waals surface area contributed by atoms with Crippen LogP contribution < -0.4 is 0 Å². The Balaban J connectivity index is 2.17. The van der Waals surface area contributed by atoms with Crippen LogP contribution in [0.4, 0.5) is 0 Å². The Bertz CT molecular complexity index is 160. The molecule has 0 saturated heterocycles. The summed E-state index contributed by atoms with van der Waals surface area (Å²) in [7, 11) is 0. The maximum Gasteiger partial charge on any atom is 0.205 e. The lowest BCUT2D eigenvalue weighted by Crippen LogP contribution is -2.48. The van der Waals surface area contributed by atoms with E-state index in [-0.39, 0.29) is 0 Å². The van der Waals surface area contributed by atoms with Crippen molar-refractivity contribution in [1.82, 2.24) is 0 Å². The molecule has 0 aromatic rings. The maximum absolute atomic E-state index is 5.79. The van der Waals surface area contributed by atoms with Crippen molar-refractivity contribution in [3.63, 3.8) is 0 Å².